The van der Waals surface area contributed by atoms with E-state index in [1.807, 2.05) is 18.9 Å². The second-order valence-electron chi connectivity index (χ2n) is 3.60. The second-order valence-corrected chi connectivity index (χ2v) is 3.60. The first-order chi connectivity index (χ1) is 6.77. The van der Waals surface area contributed by atoms with E-state index in [4.69, 9.17) is 4.74 Å². The molecule has 4 heteroatoms. The zero-order valence-electron chi connectivity index (χ0n) is 9.08. The number of piperidine rings is 1. The van der Waals surface area contributed by atoms with Crippen LogP contribution in [0, 0.1) is 0 Å². The van der Waals surface area contributed by atoms with Crippen LogP contribution in [0.3, 0.4) is 0 Å². The minimum atomic E-state index is 0.117. The first kappa shape index (κ1) is 11.5. The van der Waals surface area contributed by atoms with Gasteiger partial charge in [-0.25, -0.2) is 0 Å². The lowest BCUT2D eigenvalue weighted by atomic mass is 10.1. The summed E-state index contributed by atoms with van der Waals surface area (Å²) in [4.78, 5) is 13.5. The van der Waals surface area contributed by atoms with Crippen LogP contribution in [-0.2, 0) is 9.53 Å². The molecule has 0 aromatic carbocycles. The number of nitrogens with zero attached hydrogens (tertiary/aromatic N) is 1. The monoisotopic (exact) mass is 200 g/mol. The van der Waals surface area contributed by atoms with Crippen molar-refractivity contribution in [2.24, 2.45) is 0 Å². The Kier molecular flexibility index (Phi) is 4.90. The Morgan fingerprint density at radius 2 is 2.43 bits per heavy atom. The molecule has 82 valence electrons. The summed E-state index contributed by atoms with van der Waals surface area (Å²) < 4.78 is 5.11. The van der Waals surface area contributed by atoms with Gasteiger partial charge >= 0.3 is 0 Å². The summed E-state index contributed by atoms with van der Waals surface area (Å²) in [6.45, 7) is 4.44. The van der Waals surface area contributed by atoms with E-state index in [1.165, 1.54) is 0 Å². The van der Waals surface area contributed by atoms with E-state index in [1.54, 1.807) is 0 Å². The molecule has 1 aliphatic rings. The highest BCUT2D eigenvalue weighted by atomic mass is 16.5. The minimum absolute atomic E-state index is 0.117. The smallest absolute Gasteiger partial charge is 0.248 e. The molecular formula is C10H20N2O2. The third-order valence-corrected chi connectivity index (χ3v) is 2.61. The summed E-state index contributed by atoms with van der Waals surface area (Å²) in [5.41, 5.74) is 0. The van der Waals surface area contributed by atoms with Gasteiger partial charge in [0.2, 0.25) is 5.91 Å². The summed E-state index contributed by atoms with van der Waals surface area (Å²) in [6.07, 6.45) is 2.25. The maximum Gasteiger partial charge on any atom is 0.248 e. The molecule has 14 heavy (non-hydrogen) atoms. The molecule has 0 bridgehead atoms. The Morgan fingerprint density at radius 3 is 3.07 bits per heavy atom. The van der Waals surface area contributed by atoms with E-state index in [-0.39, 0.29) is 12.5 Å². The first-order valence-electron chi connectivity index (χ1n) is 5.30. The van der Waals surface area contributed by atoms with Crippen molar-refractivity contribution in [3.05, 3.63) is 0 Å². The van der Waals surface area contributed by atoms with Crippen LogP contribution in [0.5, 0.6) is 0 Å². The van der Waals surface area contributed by atoms with Crippen molar-refractivity contribution in [2.75, 3.05) is 33.4 Å². The van der Waals surface area contributed by atoms with Crippen molar-refractivity contribution in [3.63, 3.8) is 0 Å². The van der Waals surface area contributed by atoms with E-state index >= 15 is 0 Å². The van der Waals surface area contributed by atoms with Gasteiger partial charge in [0, 0.05) is 25.7 Å². The molecule has 1 amide bonds. The minimum Gasteiger partial charge on any atom is -0.372 e. The molecule has 1 aliphatic heterocycles. The predicted molar refractivity (Wildman–Crippen MR) is 55.2 cm³/mol. The molecule has 1 atom stereocenters. The molecule has 0 aromatic rings. The van der Waals surface area contributed by atoms with Crippen LogP contribution in [-0.4, -0.2) is 50.2 Å². The molecule has 0 saturated carbocycles. The Morgan fingerprint density at radius 1 is 1.64 bits per heavy atom. The largest absolute Gasteiger partial charge is 0.372 e. The maximum atomic E-state index is 11.6. The van der Waals surface area contributed by atoms with Crippen molar-refractivity contribution >= 4 is 5.91 Å². The highest BCUT2D eigenvalue weighted by Crippen LogP contribution is 2.09. The molecule has 1 unspecified atom stereocenters. The number of hydrogen-bond donors (Lipinski definition) is 1. The Bertz CT molecular complexity index is 185. The lowest BCUT2D eigenvalue weighted by Gasteiger charge is -2.32. The topological polar surface area (TPSA) is 41.6 Å². The Balaban J connectivity index is 2.31. The van der Waals surface area contributed by atoms with Crippen molar-refractivity contribution in [3.8, 4) is 0 Å². The van der Waals surface area contributed by atoms with E-state index in [0.29, 0.717) is 12.6 Å². The highest BCUT2D eigenvalue weighted by molar-refractivity contribution is 5.77. The van der Waals surface area contributed by atoms with Crippen molar-refractivity contribution < 1.29 is 9.53 Å². The lowest BCUT2D eigenvalue weighted by molar-refractivity contribution is -0.137. The zero-order chi connectivity index (χ0) is 10.4. The predicted octanol–water partition coefficient (Wildman–Crippen LogP) is 0.233. The number of hydrogen-bond acceptors (Lipinski definition) is 3. The van der Waals surface area contributed by atoms with Gasteiger partial charge in [-0.05, 0) is 26.8 Å². The van der Waals surface area contributed by atoms with Crippen molar-refractivity contribution in [1.29, 1.82) is 0 Å². The van der Waals surface area contributed by atoms with Crippen LogP contribution < -0.4 is 5.32 Å². The average molecular weight is 200 g/mol. The van der Waals surface area contributed by atoms with Crippen molar-refractivity contribution in [2.45, 2.75) is 25.8 Å². The number of ether oxygens (including phenoxy) is 1. The molecule has 1 fully saturated rings. The van der Waals surface area contributed by atoms with E-state index < -0.39 is 0 Å². The van der Waals surface area contributed by atoms with Gasteiger partial charge in [-0.15, -0.1) is 0 Å². The van der Waals surface area contributed by atoms with Gasteiger partial charge in [0.15, 0.2) is 0 Å². The SMILES string of the molecule is CCOCC(=O)N1CCCC(NC)C1. The van der Waals surface area contributed by atoms with Gasteiger partial charge in [0.1, 0.15) is 6.61 Å². The molecule has 0 aliphatic carbocycles. The third kappa shape index (κ3) is 3.27. The van der Waals surface area contributed by atoms with Gasteiger partial charge < -0.3 is 15.0 Å². The van der Waals surface area contributed by atoms with Crippen LogP contribution in [0.4, 0.5) is 0 Å². The fourth-order valence-corrected chi connectivity index (χ4v) is 1.72. The van der Waals surface area contributed by atoms with Crippen LogP contribution in [0.1, 0.15) is 19.8 Å². The first-order valence-corrected chi connectivity index (χ1v) is 5.30. The van der Waals surface area contributed by atoms with Crippen LogP contribution >= 0.6 is 0 Å². The molecular weight excluding hydrogens is 180 g/mol. The molecule has 0 spiro atoms. The van der Waals surface area contributed by atoms with Crippen molar-refractivity contribution in [1.82, 2.24) is 10.2 Å². The van der Waals surface area contributed by atoms with E-state index in [0.717, 1.165) is 25.9 Å². The molecule has 0 aromatic heterocycles. The fraction of sp³-hybridized carbons (Fsp3) is 0.900. The number of amides is 1. The van der Waals surface area contributed by atoms with E-state index in [2.05, 4.69) is 5.32 Å². The molecule has 4 nitrogen and oxygen atoms in total. The summed E-state index contributed by atoms with van der Waals surface area (Å²) in [5.74, 6) is 0.117. The van der Waals surface area contributed by atoms with Gasteiger partial charge in [-0.1, -0.05) is 0 Å². The zero-order valence-corrected chi connectivity index (χ0v) is 9.08. The number of likely N-dealkylation sites (tertiary alicyclic amines) is 1. The van der Waals surface area contributed by atoms with Gasteiger partial charge in [0.05, 0.1) is 0 Å². The van der Waals surface area contributed by atoms with Crippen LogP contribution in [0.2, 0.25) is 0 Å². The summed E-state index contributed by atoms with van der Waals surface area (Å²) in [5, 5.41) is 3.21. The molecule has 1 rings (SSSR count). The summed E-state index contributed by atoms with van der Waals surface area (Å²) in [7, 11) is 1.95. The Labute approximate surface area is 85.6 Å². The number of nitrogens with one attached hydrogen (secondary N) is 1. The fourth-order valence-electron chi connectivity index (χ4n) is 1.72. The quantitative estimate of drug-likeness (QED) is 0.706. The second kappa shape index (κ2) is 5.98. The maximum absolute atomic E-state index is 11.6. The lowest BCUT2D eigenvalue weighted by Crippen LogP contribution is -2.48. The normalized spacial score (nSPS) is 22.4. The number of rotatable bonds is 4. The van der Waals surface area contributed by atoms with Gasteiger partial charge in [-0.2, -0.15) is 0 Å². The van der Waals surface area contributed by atoms with Crippen LogP contribution in [0.15, 0.2) is 0 Å². The number of carbonyl (C=O) groups is 1. The van der Waals surface area contributed by atoms with E-state index in [9.17, 15) is 4.79 Å². The highest BCUT2D eigenvalue weighted by Gasteiger charge is 2.21. The van der Waals surface area contributed by atoms with Gasteiger partial charge in [-0.3, -0.25) is 4.79 Å². The molecule has 1 heterocycles. The standard InChI is InChI=1S/C10H20N2O2/c1-3-14-8-10(13)12-6-4-5-9(7-12)11-2/h9,11H,3-8H2,1-2H3. The average Bonchev–Trinajstić information content (AvgIpc) is 2.26. The number of likely N-dealkylation sites (N-methyl/N-ethyl adjacent to an activating group) is 1. The third-order valence-electron chi connectivity index (χ3n) is 2.61. The number of carbonyl (C=O) groups excluding carboxylic acids is 1. The molecule has 1 saturated heterocycles. The van der Waals surface area contributed by atoms with Crippen LogP contribution in [0.25, 0.3) is 0 Å². The van der Waals surface area contributed by atoms with Gasteiger partial charge in [0.25, 0.3) is 0 Å². The molecule has 0 radical (unpaired) electrons. The summed E-state index contributed by atoms with van der Waals surface area (Å²) in [6, 6.07) is 0.453. The summed E-state index contributed by atoms with van der Waals surface area (Å²) >= 11 is 0. The molecule has 1 N–H and O–H groups in total. The Hall–Kier alpha value is -0.610.